The monoisotopic (exact) mass is 298 g/mol. The number of para-hydroxylation sites is 1. The molecule has 0 radical (unpaired) electrons. The zero-order chi connectivity index (χ0) is 15.3. The maximum absolute atomic E-state index is 12.3. The van der Waals surface area contributed by atoms with Gasteiger partial charge in [-0.25, -0.2) is 9.78 Å². The van der Waals surface area contributed by atoms with Crippen molar-refractivity contribution in [2.45, 2.75) is 25.4 Å². The molecule has 1 saturated carbocycles. The molecule has 1 aliphatic rings. The molecule has 8 heteroatoms. The average Bonchev–Trinajstić information content (AvgIpc) is 3.30. The van der Waals surface area contributed by atoms with Gasteiger partial charge in [0.2, 0.25) is 0 Å². The highest BCUT2D eigenvalue weighted by atomic mass is 16.2. The molecular formula is C14H14N6O2. The van der Waals surface area contributed by atoms with Gasteiger partial charge in [-0.05, 0) is 35.4 Å². The number of rotatable bonds is 3. The van der Waals surface area contributed by atoms with E-state index in [0.717, 1.165) is 12.8 Å². The molecule has 4 rings (SSSR count). The summed E-state index contributed by atoms with van der Waals surface area (Å²) in [6, 6.07) is 7.33. The van der Waals surface area contributed by atoms with E-state index in [0.29, 0.717) is 16.7 Å². The second-order valence-electron chi connectivity index (χ2n) is 5.50. The molecule has 8 nitrogen and oxygen atoms in total. The Morgan fingerprint density at radius 3 is 2.73 bits per heavy atom. The van der Waals surface area contributed by atoms with Crippen LogP contribution >= 0.6 is 0 Å². The van der Waals surface area contributed by atoms with Gasteiger partial charge in [0.05, 0.1) is 16.9 Å². The van der Waals surface area contributed by atoms with Crippen molar-refractivity contribution in [3.8, 4) is 0 Å². The van der Waals surface area contributed by atoms with Gasteiger partial charge >= 0.3 is 5.69 Å². The van der Waals surface area contributed by atoms with E-state index >= 15 is 0 Å². The number of benzene rings is 1. The van der Waals surface area contributed by atoms with Crippen molar-refractivity contribution in [1.29, 1.82) is 0 Å². The Labute approximate surface area is 124 Å². The van der Waals surface area contributed by atoms with E-state index in [1.165, 1.54) is 13.9 Å². The van der Waals surface area contributed by atoms with Crippen LogP contribution in [0, 0.1) is 0 Å². The van der Waals surface area contributed by atoms with Crippen LogP contribution in [-0.4, -0.2) is 29.3 Å². The first-order valence-electron chi connectivity index (χ1n) is 7.12. The predicted octanol–water partition coefficient (Wildman–Crippen LogP) is 0.0699. The molecule has 0 amide bonds. The lowest BCUT2D eigenvalue weighted by Gasteiger charge is -2.08. The van der Waals surface area contributed by atoms with Crippen LogP contribution in [0.5, 0.6) is 0 Å². The number of aromatic nitrogens is 6. The summed E-state index contributed by atoms with van der Waals surface area (Å²) in [5.41, 5.74) is 0.219. The van der Waals surface area contributed by atoms with Crippen molar-refractivity contribution in [2.24, 2.45) is 7.05 Å². The molecule has 1 fully saturated rings. The van der Waals surface area contributed by atoms with Gasteiger partial charge in [-0.2, -0.15) is 9.36 Å². The van der Waals surface area contributed by atoms with E-state index < -0.39 is 0 Å². The quantitative estimate of drug-likeness (QED) is 0.683. The standard InChI is InChI=1S/C14H14N6O2/c1-18-12(15-11-5-3-2-4-10(11)13(18)21)8-19-14(22)20(17-16-19)9-6-7-9/h2-5,9H,6-8H2,1H3. The molecule has 0 unspecified atom stereocenters. The molecule has 112 valence electrons. The topological polar surface area (TPSA) is 87.6 Å². The van der Waals surface area contributed by atoms with E-state index in [1.807, 2.05) is 6.07 Å². The van der Waals surface area contributed by atoms with E-state index in [1.54, 1.807) is 25.2 Å². The van der Waals surface area contributed by atoms with Gasteiger partial charge in [-0.15, -0.1) is 0 Å². The fourth-order valence-electron chi connectivity index (χ4n) is 2.47. The maximum atomic E-state index is 12.3. The minimum absolute atomic E-state index is 0.127. The van der Waals surface area contributed by atoms with Crippen LogP contribution in [0.15, 0.2) is 33.9 Å². The van der Waals surface area contributed by atoms with E-state index in [2.05, 4.69) is 15.4 Å². The number of tetrazole rings is 1. The van der Waals surface area contributed by atoms with Gasteiger partial charge < -0.3 is 0 Å². The van der Waals surface area contributed by atoms with Gasteiger partial charge in [-0.3, -0.25) is 9.36 Å². The first kappa shape index (κ1) is 12.9. The zero-order valence-electron chi connectivity index (χ0n) is 12.0. The zero-order valence-corrected chi connectivity index (χ0v) is 12.0. The molecule has 1 aromatic carbocycles. The minimum Gasteiger partial charge on any atom is -0.298 e. The third-order valence-corrected chi connectivity index (χ3v) is 3.92. The number of nitrogens with zero attached hydrogens (tertiary/aromatic N) is 6. The average molecular weight is 298 g/mol. The number of fused-ring (bicyclic) bond motifs is 1. The Bertz CT molecular complexity index is 979. The largest absolute Gasteiger partial charge is 0.364 e. The second-order valence-corrected chi connectivity index (χ2v) is 5.50. The first-order chi connectivity index (χ1) is 10.6. The van der Waals surface area contributed by atoms with Crippen LogP contribution in [0.4, 0.5) is 0 Å². The van der Waals surface area contributed by atoms with Gasteiger partial charge in [-0.1, -0.05) is 12.1 Å². The Kier molecular flexibility index (Phi) is 2.72. The van der Waals surface area contributed by atoms with E-state index in [9.17, 15) is 9.59 Å². The van der Waals surface area contributed by atoms with Crippen molar-refractivity contribution in [2.75, 3.05) is 0 Å². The Hall–Kier alpha value is -2.77. The second kappa shape index (κ2) is 4.62. The van der Waals surface area contributed by atoms with Crippen molar-refractivity contribution < 1.29 is 0 Å². The lowest BCUT2D eigenvalue weighted by atomic mass is 10.2. The predicted molar refractivity (Wildman–Crippen MR) is 78.6 cm³/mol. The van der Waals surface area contributed by atoms with Gasteiger partial charge in [0, 0.05) is 7.05 Å². The van der Waals surface area contributed by atoms with Crippen LogP contribution in [0.1, 0.15) is 24.7 Å². The lowest BCUT2D eigenvalue weighted by Crippen LogP contribution is -2.29. The highest BCUT2D eigenvalue weighted by Gasteiger charge is 2.28. The van der Waals surface area contributed by atoms with Gasteiger partial charge in [0.15, 0.2) is 0 Å². The molecule has 2 aromatic heterocycles. The molecule has 0 bridgehead atoms. The fourth-order valence-corrected chi connectivity index (χ4v) is 2.47. The first-order valence-corrected chi connectivity index (χ1v) is 7.12. The summed E-state index contributed by atoms with van der Waals surface area (Å²) in [4.78, 5) is 29.0. The van der Waals surface area contributed by atoms with Crippen molar-refractivity contribution in [3.63, 3.8) is 0 Å². The smallest absolute Gasteiger partial charge is 0.298 e. The van der Waals surface area contributed by atoms with E-state index in [4.69, 9.17) is 0 Å². The SMILES string of the molecule is Cn1c(Cn2nnn(C3CC3)c2=O)nc2ccccc2c1=O. The van der Waals surface area contributed by atoms with Crippen molar-refractivity contribution in [3.05, 3.63) is 50.9 Å². The maximum Gasteiger partial charge on any atom is 0.364 e. The lowest BCUT2D eigenvalue weighted by molar-refractivity contribution is 0.581. The highest BCUT2D eigenvalue weighted by Crippen LogP contribution is 2.32. The summed E-state index contributed by atoms with van der Waals surface area (Å²) in [6.45, 7) is 0.127. The molecule has 0 atom stereocenters. The molecule has 0 N–H and O–H groups in total. The summed E-state index contributed by atoms with van der Waals surface area (Å²) < 4.78 is 4.10. The Balaban J connectivity index is 1.80. The number of hydrogen-bond donors (Lipinski definition) is 0. The molecule has 1 aliphatic carbocycles. The fraction of sp³-hybridized carbons (Fsp3) is 0.357. The molecule has 2 heterocycles. The van der Waals surface area contributed by atoms with Gasteiger partial charge in [0.1, 0.15) is 12.4 Å². The summed E-state index contributed by atoms with van der Waals surface area (Å²) in [6.07, 6.45) is 1.93. The van der Waals surface area contributed by atoms with Crippen molar-refractivity contribution >= 4 is 10.9 Å². The highest BCUT2D eigenvalue weighted by molar-refractivity contribution is 5.77. The van der Waals surface area contributed by atoms with E-state index in [-0.39, 0.29) is 23.8 Å². The van der Waals surface area contributed by atoms with Crippen LogP contribution in [0.25, 0.3) is 10.9 Å². The molecule has 0 saturated heterocycles. The van der Waals surface area contributed by atoms with Crippen LogP contribution in [0.2, 0.25) is 0 Å². The summed E-state index contributed by atoms with van der Waals surface area (Å²) >= 11 is 0. The number of hydrogen-bond acceptors (Lipinski definition) is 5. The summed E-state index contributed by atoms with van der Waals surface area (Å²) in [7, 11) is 1.65. The van der Waals surface area contributed by atoms with Crippen LogP contribution in [-0.2, 0) is 13.6 Å². The minimum atomic E-state index is -0.259. The van der Waals surface area contributed by atoms with Crippen LogP contribution in [0.3, 0.4) is 0 Å². The Morgan fingerprint density at radius 2 is 1.95 bits per heavy atom. The third kappa shape index (κ3) is 1.95. The third-order valence-electron chi connectivity index (χ3n) is 3.92. The molecule has 22 heavy (non-hydrogen) atoms. The van der Waals surface area contributed by atoms with Crippen LogP contribution < -0.4 is 11.2 Å². The molecular weight excluding hydrogens is 284 g/mol. The summed E-state index contributed by atoms with van der Waals surface area (Å²) in [5.74, 6) is 0.480. The molecule has 0 aliphatic heterocycles. The Morgan fingerprint density at radius 1 is 1.18 bits per heavy atom. The normalized spacial score (nSPS) is 14.6. The van der Waals surface area contributed by atoms with Gasteiger partial charge in [0.25, 0.3) is 5.56 Å². The van der Waals surface area contributed by atoms with Crippen molar-refractivity contribution in [1.82, 2.24) is 29.3 Å². The summed E-state index contributed by atoms with van der Waals surface area (Å²) in [5, 5.41) is 8.33. The molecule has 0 spiro atoms. The molecule has 3 aromatic rings.